The van der Waals surface area contributed by atoms with E-state index in [-0.39, 0.29) is 43.5 Å². The molecule has 1 aromatic heterocycles. The lowest BCUT2D eigenvalue weighted by molar-refractivity contribution is -0.100. The van der Waals surface area contributed by atoms with Crippen LogP contribution in [0.4, 0.5) is 17.5 Å². The molecule has 0 fully saturated rings. The molecular weight excluding hydrogens is 256 g/mol. The van der Waals surface area contributed by atoms with Gasteiger partial charge in [0.05, 0.1) is 13.3 Å². The van der Waals surface area contributed by atoms with Gasteiger partial charge in [0.25, 0.3) is 5.56 Å². The lowest BCUT2D eigenvalue weighted by atomic mass is 10.4. The zero-order valence-electron chi connectivity index (χ0n) is 10.3. The summed E-state index contributed by atoms with van der Waals surface area (Å²) < 4.78 is 5.09. The predicted octanol–water partition coefficient (Wildman–Crippen LogP) is -1.62. The molecule has 1 unspecified atom stereocenters. The average Bonchev–Trinajstić information content (AvgIpc) is 2.73. The smallest absolute Gasteiger partial charge is 0.277 e. The van der Waals surface area contributed by atoms with Crippen molar-refractivity contribution in [3.05, 3.63) is 10.4 Å². The van der Waals surface area contributed by atoms with Crippen molar-refractivity contribution in [1.82, 2.24) is 16.1 Å². The van der Waals surface area contributed by atoms with Crippen molar-refractivity contribution in [2.75, 3.05) is 35.8 Å². The van der Waals surface area contributed by atoms with E-state index in [1.165, 1.54) is 4.90 Å². The van der Waals surface area contributed by atoms with E-state index in [9.17, 15) is 9.90 Å². The summed E-state index contributed by atoms with van der Waals surface area (Å²) in [6.07, 6.45) is -0.838. The number of nitrogen functional groups attached to an aromatic ring is 1. The van der Waals surface area contributed by atoms with E-state index < -0.39 is 12.0 Å². The van der Waals surface area contributed by atoms with Gasteiger partial charge in [-0.2, -0.15) is 4.98 Å². The molecule has 0 aromatic carbocycles. The fourth-order valence-electron chi connectivity index (χ4n) is 1.61. The van der Waals surface area contributed by atoms with Crippen LogP contribution >= 0.6 is 0 Å². The summed E-state index contributed by atoms with van der Waals surface area (Å²) in [5, 5.41) is 21.2. The van der Waals surface area contributed by atoms with Crippen LogP contribution in [-0.2, 0) is 4.74 Å². The third kappa shape index (κ3) is 3.12. The van der Waals surface area contributed by atoms with Crippen LogP contribution in [0.5, 0.6) is 0 Å². The summed E-state index contributed by atoms with van der Waals surface area (Å²) in [6, 6.07) is 0. The van der Waals surface area contributed by atoms with Crippen LogP contribution in [0.2, 0.25) is 0 Å². The van der Waals surface area contributed by atoms with Gasteiger partial charge in [-0.25, -0.2) is 0 Å². The Hall–Kier alpha value is -1.88. The molecule has 0 radical (unpaired) electrons. The van der Waals surface area contributed by atoms with Crippen LogP contribution in [0, 0.1) is 0 Å². The zero-order valence-corrected chi connectivity index (χ0v) is 10.3. The molecule has 19 heavy (non-hydrogen) atoms. The van der Waals surface area contributed by atoms with Gasteiger partial charge in [0, 0.05) is 6.61 Å². The van der Waals surface area contributed by atoms with Gasteiger partial charge in [-0.15, -0.1) is 0 Å². The van der Waals surface area contributed by atoms with E-state index in [1.54, 1.807) is 0 Å². The lowest BCUT2D eigenvalue weighted by Gasteiger charge is -2.23. The SMILES string of the molecule is N.Nc1nc2c(c(=O)[nH]1)NCN2C(O)OCCCO. The maximum absolute atomic E-state index is 11.5. The molecule has 0 aliphatic carbocycles. The number of H-pyrrole nitrogens is 1. The van der Waals surface area contributed by atoms with Crippen LogP contribution in [-0.4, -0.2) is 46.5 Å². The highest BCUT2D eigenvalue weighted by Crippen LogP contribution is 2.26. The van der Waals surface area contributed by atoms with Crippen molar-refractivity contribution in [3.8, 4) is 0 Å². The molecule has 10 nitrogen and oxygen atoms in total. The molecule has 0 saturated heterocycles. The van der Waals surface area contributed by atoms with Crippen molar-refractivity contribution in [2.24, 2.45) is 0 Å². The first-order chi connectivity index (χ1) is 8.63. The van der Waals surface area contributed by atoms with E-state index in [1.807, 2.05) is 0 Å². The van der Waals surface area contributed by atoms with Crippen molar-refractivity contribution in [1.29, 1.82) is 0 Å². The molecule has 2 heterocycles. The highest BCUT2D eigenvalue weighted by Gasteiger charge is 2.29. The third-order valence-electron chi connectivity index (χ3n) is 2.45. The average molecular weight is 274 g/mol. The van der Waals surface area contributed by atoms with Crippen LogP contribution in [0.3, 0.4) is 0 Å². The van der Waals surface area contributed by atoms with Gasteiger partial charge in [0.15, 0.2) is 5.82 Å². The highest BCUT2D eigenvalue weighted by atomic mass is 16.6. The molecule has 108 valence electrons. The minimum atomic E-state index is -1.25. The van der Waals surface area contributed by atoms with Gasteiger partial charge in [0.1, 0.15) is 5.69 Å². The number of nitrogens with one attached hydrogen (secondary N) is 2. The quantitative estimate of drug-likeness (QED) is 0.272. The number of rotatable bonds is 5. The number of hydrogen-bond donors (Lipinski definition) is 6. The van der Waals surface area contributed by atoms with Gasteiger partial charge in [-0.1, -0.05) is 0 Å². The minimum absolute atomic E-state index is 0. The highest BCUT2D eigenvalue weighted by molar-refractivity contribution is 5.70. The van der Waals surface area contributed by atoms with E-state index in [4.69, 9.17) is 15.6 Å². The van der Waals surface area contributed by atoms with Gasteiger partial charge in [-0.05, 0) is 6.42 Å². The number of fused-ring (bicyclic) bond motifs is 1. The summed E-state index contributed by atoms with van der Waals surface area (Å²) in [4.78, 5) is 19.2. The maximum Gasteiger partial charge on any atom is 0.277 e. The van der Waals surface area contributed by atoms with Crippen molar-refractivity contribution < 1.29 is 14.9 Å². The number of aromatic nitrogens is 2. The summed E-state index contributed by atoms with van der Waals surface area (Å²) >= 11 is 0. The Morgan fingerprint density at radius 1 is 1.58 bits per heavy atom. The molecule has 1 aliphatic heterocycles. The zero-order chi connectivity index (χ0) is 13.1. The summed E-state index contributed by atoms with van der Waals surface area (Å²) in [6.45, 7) is 0.365. The topological polar surface area (TPSA) is 172 Å². The molecule has 0 bridgehead atoms. The third-order valence-corrected chi connectivity index (χ3v) is 2.45. The van der Waals surface area contributed by atoms with Crippen molar-refractivity contribution in [3.63, 3.8) is 0 Å². The standard InChI is InChI=1S/C9H15N5O4.H3N/c10-8-12-6-5(7(16)13-8)11-4-14(6)9(17)18-3-1-2-15;/h9,11,15,17H,1-4H2,(H3,10,12,13,16);1H3. The van der Waals surface area contributed by atoms with Crippen molar-refractivity contribution >= 4 is 17.5 Å². The summed E-state index contributed by atoms with van der Waals surface area (Å²) in [5.41, 5.74) is 5.28. The number of aliphatic hydroxyl groups is 2. The van der Waals surface area contributed by atoms with Gasteiger partial charge in [0.2, 0.25) is 12.4 Å². The van der Waals surface area contributed by atoms with Gasteiger partial charge >= 0.3 is 0 Å². The second-order valence-electron chi connectivity index (χ2n) is 3.73. The Kier molecular flexibility index (Phi) is 5.06. The molecule has 0 spiro atoms. The Morgan fingerprint density at radius 2 is 2.32 bits per heavy atom. The molecule has 0 amide bonds. The first-order valence-electron chi connectivity index (χ1n) is 5.44. The second-order valence-corrected chi connectivity index (χ2v) is 3.73. The second kappa shape index (κ2) is 6.33. The number of aromatic amines is 1. The first kappa shape index (κ1) is 15.2. The predicted molar refractivity (Wildman–Crippen MR) is 68.9 cm³/mol. The number of nitrogens with zero attached hydrogens (tertiary/aromatic N) is 2. The number of nitrogens with two attached hydrogens (primary N) is 1. The van der Waals surface area contributed by atoms with Gasteiger partial charge < -0.3 is 32.2 Å². The summed E-state index contributed by atoms with van der Waals surface area (Å²) in [7, 11) is 0. The van der Waals surface area contributed by atoms with Crippen LogP contribution in [0.1, 0.15) is 6.42 Å². The number of ether oxygens (including phenoxy) is 1. The Labute approximate surface area is 108 Å². The molecule has 0 saturated carbocycles. The molecule has 1 aromatic rings. The van der Waals surface area contributed by atoms with Crippen LogP contribution in [0.15, 0.2) is 4.79 Å². The number of hydrogen-bond acceptors (Lipinski definition) is 9. The molecule has 1 atom stereocenters. The van der Waals surface area contributed by atoms with E-state index in [2.05, 4.69) is 15.3 Å². The Balaban J connectivity index is 0.00000180. The molecule has 9 N–H and O–H groups in total. The lowest BCUT2D eigenvalue weighted by Crippen LogP contribution is -2.37. The van der Waals surface area contributed by atoms with E-state index in [0.717, 1.165) is 0 Å². The Bertz CT molecular complexity index is 478. The van der Waals surface area contributed by atoms with Crippen LogP contribution in [0.25, 0.3) is 0 Å². The molecule has 10 heteroatoms. The fourth-order valence-corrected chi connectivity index (χ4v) is 1.61. The first-order valence-corrected chi connectivity index (χ1v) is 5.44. The Morgan fingerprint density at radius 3 is 3.00 bits per heavy atom. The molecule has 1 aliphatic rings. The van der Waals surface area contributed by atoms with Gasteiger partial charge in [-0.3, -0.25) is 14.7 Å². The number of anilines is 3. The largest absolute Gasteiger partial charge is 0.396 e. The normalized spacial score (nSPS) is 14.5. The van der Waals surface area contributed by atoms with Crippen LogP contribution < -0.4 is 27.7 Å². The summed E-state index contributed by atoms with van der Waals surface area (Å²) in [5.74, 6) is 0.211. The number of aliphatic hydroxyl groups excluding tert-OH is 2. The van der Waals surface area contributed by atoms with E-state index >= 15 is 0 Å². The minimum Gasteiger partial charge on any atom is -0.396 e. The van der Waals surface area contributed by atoms with E-state index in [0.29, 0.717) is 6.42 Å². The fraction of sp³-hybridized carbons (Fsp3) is 0.556. The molecular formula is C9H18N6O4. The maximum atomic E-state index is 11.5. The van der Waals surface area contributed by atoms with Crippen molar-refractivity contribution in [2.45, 2.75) is 12.8 Å². The molecule has 2 rings (SSSR count). The monoisotopic (exact) mass is 274 g/mol.